The molecular formula is C24H25N5OS. The predicted molar refractivity (Wildman–Crippen MR) is 125 cm³/mol. The van der Waals surface area contributed by atoms with Crippen molar-refractivity contribution in [2.24, 2.45) is 0 Å². The molecule has 4 aromatic rings. The van der Waals surface area contributed by atoms with Crippen LogP contribution in [-0.4, -0.2) is 31.3 Å². The molecule has 0 saturated heterocycles. The van der Waals surface area contributed by atoms with Gasteiger partial charge in [0.2, 0.25) is 0 Å². The lowest BCUT2D eigenvalue weighted by atomic mass is 10.1. The van der Waals surface area contributed by atoms with Gasteiger partial charge < -0.3 is 9.88 Å². The van der Waals surface area contributed by atoms with Crippen LogP contribution >= 0.6 is 11.8 Å². The van der Waals surface area contributed by atoms with Crippen molar-refractivity contribution in [3.8, 4) is 5.69 Å². The number of hydrogen-bond acceptors (Lipinski definition) is 4. The lowest BCUT2D eigenvalue weighted by Gasteiger charge is -2.12. The number of rotatable bonds is 7. The molecule has 7 heteroatoms. The Morgan fingerprint density at radius 1 is 1.06 bits per heavy atom. The lowest BCUT2D eigenvalue weighted by Crippen LogP contribution is -2.13. The molecule has 158 valence electrons. The molecule has 0 unspecified atom stereocenters. The maximum absolute atomic E-state index is 12.9. The normalized spacial score (nSPS) is 11.1. The van der Waals surface area contributed by atoms with Gasteiger partial charge in [0.25, 0.3) is 5.91 Å². The Hall–Kier alpha value is -3.32. The third kappa shape index (κ3) is 4.72. The Balaban J connectivity index is 1.51. The van der Waals surface area contributed by atoms with E-state index in [2.05, 4.69) is 39.8 Å². The number of amides is 1. The van der Waals surface area contributed by atoms with Crippen LogP contribution in [0.5, 0.6) is 0 Å². The van der Waals surface area contributed by atoms with Crippen LogP contribution in [0.25, 0.3) is 5.69 Å². The molecule has 0 fully saturated rings. The van der Waals surface area contributed by atoms with E-state index in [4.69, 9.17) is 0 Å². The van der Waals surface area contributed by atoms with E-state index in [-0.39, 0.29) is 5.91 Å². The molecule has 0 spiro atoms. The van der Waals surface area contributed by atoms with Gasteiger partial charge >= 0.3 is 0 Å². The van der Waals surface area contributed by atoms with Crippen LogP contribution in [0.4, 0.5) is 5.69 Å². The minimum atomic E-state index is -0.143. The molecule has 31 heavy (non-hydrogen) atoms. The van der Waals surface area contributed by atoms with Gasteiger partial charge in [0.15, 0.2) is 5.16 Å². The van der Waals surface area contributed by atoms with Gasteiger partial charge in [-0.1, -0.05) is 43.8 Å². The fourth-order valence-electron chi connectivity index (χ4n) is 3.54. The van der Waals surface area contributed by atoms with Gasteiger partial charge in [-0.15, -0.1) is 0 Å². The summed E-state index contributed by atoms with van der Waals surface area (Å²) < 4.78 is 4.11. The number of nitrogens with one attached hydrogen (secondary N) is 1. The topological polar surface area (TPSA) is 64.7 Å². The minimum absolute atomic E-state index is 0.143. The third-order valence-corrected chi connectivity index (χ3v) is 5.64. The van der Waals surface area contributed by atoms with Crippen LogP contribution < -0.4 is 5.32 Å². The summed E-state index contributed by atoms with van der Waals surface area (Å²) in [4.78, 5) is 21.7. The molecule has 4 rings (SSSR count). The molecule has 2 aromatic heterocycles. The van der Waals surface area contributed by atoms with Gasteiger partial charge in [0.05, 0.1) is 0 Å². The van der Waals surface area contributed by atoms with Crippen LogP contribution in [0.3, 0.4) is 0 Å². The van der Waals surface area contributed by atoms with E-state index in [0.717, 1.165) is 27.9 Å². The Morgan fingerprint density at radius 3 is 2.68 bits per heavy atom. The van der Waals surface area contributed by atoms with Crippen LogP contribution in [0.2, 0.25) is 0 Å². The summed E-state index contributed by atoms with van der Waals surface area (Å²) in [7, 11) is 0. The molecular weight excluding hydrogens is 406 g/mol. The summed E-state index contributed by atoms with van der Waals surface area (Å²) in [6, 6.07) is 15.5. The Morgan fingerprint density at radius 2 is 1.87 bits per heavy atom. The zero-order valence-corrected chi connectivity index (χ0v) is 18.6. The number of anilines is 1. The molecule has 1 amide bonds. The van der Waals surface area contributed by atoms with Crippen LogP contribution in [0.1, 0.15) is 41.5 Å². The molecule has 2 heterocycles. The molecule has 0 saturated carbocycles. The van der Waals surface area contributed by atoms with Crippen molar-refractivity contribution >= 4 is 23.4 Å². The van der Waals surface area contributed by atoms with Gasteiger partial charge in [-0.2, -0.15) is 0 Å². The molecule has 2 aromatic carbocycles. The van der Waals surface area contributed by atoms with E-state index in [0.29, 0.717) is 18.0 Å². The summed E-state index contributed by atoms with van der Waals surface area (Å²) in [6.07, 6.45) is 9.46. The highest BCUT2D eigenvalue weighted by Crippen LogP contribution is 2.20. The van der Waals surface area contributed by atoms with Crippen LogP contribution in [0, 0.1) is 0 Å². The van der Waals surface area contributed by atoms with Crippen molar-refractivity contribution in [3.05, 3.63) is 90.3 Å². The summed E-state index contributed by atoms with van der Waals surface area (Å²) in [5.41, 5.74) is 3.38. The first-order valence-electron chi connectivity index (χ1n) is 10.1. The highest BCUT2D eigenvalue weighted by molar-refractivity contribution is 7.98. The smallest absolute Gasteiger partial charge is 0.255 e. The van der Waals surface area contributed by atoms with Crippen molar-refractivity contribution in [3.63, 3.8) is 0 Å². The first-order chi connectivity index (χ1) is 15.0. The largest absolute Gasteiger partial charge is 0.330 e. The highest BCUT2D eigenvalue weighted by Gasteiger charge is 2.11. The maximum atomic E-state index is 12.9. The fourth-order valence-corrected chi connectivity index (χ4v) is 4.07. The number of imidazole rings is 2. The van der Waals surface area contributed by atoms with E-state index in [9.17, 15) is 4.79 Å². The fraction of sp³-hybridized carbons (Fsp3) is 0.208. The number of carbonyl (C=O) groups excluding carboxylic acids is 1. The number of aromatic nitrogens is 4. The van der Waals surface area contributed by atoms with Gasteiger partial charge in [0.1, 0.15) is 5.82 Å². The van der Waals surface area contributed by atoms with E-state index >= 15 is 0 Å². The molecule has 0 aliphatic carbocycles. The summed E-state index contributed by atoms with van der Waals surface area (Å²) in [5, 5.41) is 3.90. The minimum Gasteiger partial charge on any atom is -0.330 e. The third-order valence-electron chi connectivity index (χ3n) is 4.98. The Labute approximate surface area is 186 Å². The predicted octanol–water partition coefficient (Wildman–Crippen LogP) is 5.21. The Bertz CT molecular complexity index is 1190. The highest BCUT2D eigenvalue weighted by atomic mass is 32.2. The number of benzene rings is 2. The van der Waals surface area contributed by atoms with E-state index in [1.807, 2.05) is 71.9 Å². The first-order valence-corrected chi connectivity index (χ1v) is 11.4. The van der Waals surface area contributed by atoms with E-state index < -0.39 is 0 Å². The standard InChI is InChI=1S/C24H25N5OS/c1-17(2)22-25-10-12-28(22)16-18-6-4-8-20(14-18)27-23(30)19-7-5-9-21(15-19)29-13-11-26-24(29)31-3/h4-15,17H,16H2,1-3H3,(H,27,30). The number of carbonyl (C=O) groups is 1. The average Bonchev–Trinajstić information content (AvgIpc) is 3.43. The summed E-state index contributed by atoms with van der Waals surface area (Å²) in [5.74, 6) is 1.26. The molecule has 0 aliphatic heterocycles. The maximum Gasteiger partial charge on any atom is 0.255 e. The van der Waals surface area contributed by atoms with Gasteiger partial charge in [-0.3, -0.25) is 9.36 Å². The van der Waals surface area contributed by atoms with Crippen molar-refractivity contribution in [2.75, 3.05) is 11.6 Å². The second-order valence-electron chi connectivity index (χ2n) is 7.56. The monoisotopic (exact) mass is 431 g/mol. The number of nitrogens with zero attached hydrogens (tertiary/aromatic N) is 4. The molecule has 0 radical (unpaired) electrons. The second kappa shape index (κ2) is 9.22. The zero-order chi connectivity index (χ0) is 21.8. The van der Waals surface area contributed by atoms with Gasteiger partial charge in [-0.25, -0.2) is 9.97 Å². The lowest BCUT2D eigenvalue weighted by molar-refractivity contribution is 0.102. The van der Waals surface area contributed by atoms with Gasteiger partial charge in [-0.05, 0) is 42.2 Å². The van der Waals surface area contributed by atoms with Crippen LogP contribution in [-0.2, 0) is 6.54 Å². The molecule has 0 aliphatic rings. The SMILES string of the molecule is CSc1nccn1-c1cccc(C(=O)Nc2cccc(Cn3ccnc3C(C)C)c2)c1. The molecule has 6 nitrogen and oxygen atoms in total. The van der Waals surface area contributed by atoms with Crippen molar-refractivity contribution in [1.82, 2.24) is 19.1 Å². The number of thioether (sulfide) groups is 1. The van der Waals surface area contributed by atoms with Crippen molar-refractivity contribution in [1.29, 1.82) is 0 Å². The van der Waals surface area contributed by atoms with Crippen molar-refractivity contribution in [2.45, 2.75) is 31.5 Å². The molecule has 1 N–H and O–H groups in total. The quantitative estimate of drug-likeness (QED) is 0.408. The average molecular weight is 432 g/mol. The van der Waals surface area contributed by atoms with Crippen molar-refractivity contribution < 1.29 is 4.79 Å². The Kier molecular flexibility index (Phi) is 6.23. The van der Waals surface area contributed by atoms with E-state index in [1.54, 1.807) is 18.0 Å². The van der Waals surface area contributed by atoms with E-state index in [1.165, 1.54) is 0 Å². The van der Waals surface area contributed by atoms with Crippen LogP contribution in [0.15, 0.2) is 78.5 Å². The number of hydrogen-bond donors (Lipinski definition) is 1. The second-order valence-corrected chi connectivity index (χ2v) is 8.33. The van der Waals surface area contributed by atoms with Gasteiger partial charge in [0, 0.05) is 54.2 Å². The molecule has 0 bridgehead atoms. The molecule has 0 atom stereocenters. The summed E-state index contributed by atoms with van der Waals surface area (Å²) in [6.45, 7) is 4.98. The first kappa shape index (κ1) is 20.9. The zero-order valence-electron chi connectivity index (χ0n) is 17.8. The summed E-state index contributed by atoms with van der Waals surface area (Å²) >= 11 is 1.56.